The van der Waals surface area contributed by atoms with Crippen LogP contribution in [-0.4, -0.2) is 36.3 Å². The fraction of sp³-hybridized carbons (Fsp3) is 0.333. The molecule has 2 aromatic carbocycles. The van der Waals surface area contributed by atoms with Crippen LogP contribution in [-0.2, 0) is 23.9 Å². The fourth-order valence-electron chi connectivity index (χ4n) is 3.50. The Labute approximate surface area is 175 Å². The van der Waals surface area contributed by atoms with Crippen molar-refractivity contribution in [3.05, 3.63) is 69.0 Å². The summed E-state index contributed by atoms with van der Waals surface area (Å²) in [5, 5.41) is 0.231. The van der Waals surface area contributed by atoms with E-state index in [9.17, 15) is 27.2 Å². The molecule has 9 heteroatoms. The Balaban J connectivity index is 1.93. The van der Waals surface area contributed by atoms with Crippen molar-refractivity contribution in [2.75, 3.05) is 13.7 Å². The fourth-order valence-corrected chi connectivity index (χ4v) is 3.74. The minimum Gasteiger partial charge on any atom is -0.383 e. The summed E-state index contributed by atoms with van der Waals surface area (Å²) < 4.78 is 57.5. The molecule has 4 nitrogen and oxygen atoms in total. The average Bonchev–Trinajstić information content (AvgIpc) is 3.00. The van der Waals surface area contributed by atoms with Crippen molar-refractivity contribution in [1.82, 2.24) is 4.90 Å². The third-order valence-electron chi connectivity index (χ3n) is 5.06. The number of rotatable bonds is 6. The first-order valence-electron chi connectivity index (χ1n) is 9.04. The highest BCUT2D eigenvalue weighted by Crippen LogP contribution is 2.34. The Kier molecular flexibility index (Phi) is 6.19. The molecule has 160 valence electrons. The zero-order valence-electron chi connectivity index (χ0n) is 16.1. The minimum absolute atomic E-state index is 0.207. The van der Waals surface area contributed by atoms with Crippen LogP contribution < -0.4 is 0 Å². The lowest BCUT2D eigenvalue weighted by atomic mass is 9.95. The van der Waals surface area contributed by atoms with Crippen LogP contribution in [0.2, 0.25) is 5.02 Å². The van der Waals surface area contributed by atoms with Crippen LogP contribution in [0.15, 0.2) is 30.3 Å². The first kappa shape index (κ1) is 22.2. The molecular weight excluding hydrogens is 426 g/mol. The molecule has 0 saturated carbocycles. The molecule has 0 aromatic heterocycles. The van der Waals surface area contributed by atoms with Crippen LogP contribution in [0.3, 0.4) is 0 Å². The average molecular weight is 444 g/mol. The van der Waals surface area contributed by atoms with Gasteiger partial charge in [-0.25, -0.2) is 4.39 Å². The summed E-state index contributed by atoms with van der Waals surface area (Å²) in [4.78, 5) is 27.0. The van der Waals surface area contributed by atoms with Crippen molar-refractivity contribution < 1.29 is 31.9 Å². The quantitative estimate of drug-likeness (QED) is 0.470. The Morgan fingerprint density at radius 1 is 1.27 bits per heavy atom. The van der Waals surface area contributed by atoms with Crippen LogP contribution >= 0.6 is 11.6 Å². The number of fused-ring (bicyclic) bond motifs is 1. The molecule has 2 aromatic rings. The molecule has 1 aliphatic rings. The molecule has 1 aliphatic heterocycles. The number of benzene rings is 2. The van der Waals surface area contributed by atoms with Crippen molar-refractivity contribution in [1.29, 1.82) is 0 Å². The second-order valence-corrected chi connectivity index (χ2v) is 7.49. The van der Waals surface area contributed by atoms with E-state index in [-0.39, 0.29) is 35.5 Å². The maximum atomic E-state index is 13.5. The van der Waals surface area contributed by atoms with E-state index in [0.717, 1.165) is 6.07 Å². The molecule has 0 N–H and O–H groups in total. The van der Waals surface area contributed by atoms with Crippen molar-refractivity contribution >= 4 is 23.3 Å². The molecule has 0 aliphatic carbocycles. The molecule has 0 bridgehead atoms. The largest absolute Gasteiger partial charge is 0.419 e. The lowest BCUT2D eigenvalue weighted by molar-refractivity contribution is -0.140. The number of carbonyl (C=O) groups excluding carboxylic acids is 2. The van der Waals surface area contributed by atoms with Gasteiger partial charge in [-0.3, -0.25) is 9.59 Å². The van der Waals surface area contributed by atoms with E-state index in [0.29, 0.717) is 35.4 Å². The number of Topliss-reactive ketones (excluding diaryl/α,β-unsaturated/α-hetero) is 1. The second-order valence-electron chi connectivity index (χ2n) is 7.08. The highest BCUT2D eigenvalue weighted by atomic mass is 35.5. The predicted octanol–water partition coefficient (Wildman–Crippen LogP) is 4.91. The number of hydrogen-bond donors (Lipinski definition) is 0. The number of hydrogen-bond acceptors (Lipinski definition) is 3. The van der Waals surface area contributed by atoms with Crippen molar-refractivity contribution in [2.24, 2.45) is 0 Å². The maximum Gasteiger partial charge on any atom is 0.419 e. The second kappa shape index (κ2) is 8.35. The predicted molar refractivity (Wildman–Crippen MR) is 102 cm³/mol. The molecule has 0 fully saturated rings. The summed E-state index contributed by atoms with van der Waals surface area (Å²) in [6.45, 7) is 2.34. The first-order valence-corrected chi connectivity index (χ1v) is 9.42. The molecule has 1 amide bonds. The maximum absolute atomic E-state index is 13.5. The van der Waals surface area contributed by atoms with E-state index >= 15 is 0 Å². The van der Waals surface area contributed by atoms with Gasteiger partial charge >= 0.3 is 6.18 Å². The zero-order chi connectivity index (χ0) is 22.2. The molecule has 0 saturated heterocycles. The number of carbonyl (C=O) groups is 2. The number of alkyl halides is 3. The molecule has 1 heterocycles. The van der Waals surface area contributed by atoms with Gasteiger partial charge in [-0.05, 0) is 48.4 Å². The monoisotopic (exact) mass is 443 g/mol. The van der Waals surface area contributed by atoms with Crippen molar-refractivity contribution in [2.45, 2.75) is 32.1 Å². The van der Waals surface area contributed by atoms with E-state index in [1.54, 1.807) is 11.0 Å². The summed E-state index contributed by atoms with van der Waals surface area (Å²) in [6, 6.07) is 4.94. The van der Waals surface area contributed by atoms with Gasteiger partial charge in [0.1, 0.15) is 5.82 Å². The van der Waals surface area contributed by atoms with E-state index in [2.05, 4.69) is 0 Å². The summed E-state index contributed by atoms with van der Waals surface area (Å²) in [7, 11) is 1.52. The number of amides is 1. The van der Waals surface area contributed by atoms with Gasteiger partial charge in [0.05, 0.1) is 18.2 Å². The Bertz CT molecular complexity index is 1010. The van der Waals surface area contributed by atoms with E-state index in [1.165, 1.54) is 13.2 Å². The van der Waals surface area contributed by atoms with Gasteiger partial charge in [0.2, 0.25) is 0 Å². The van der Waals surface area contributed by atoms with Crippen LogP contribution in [0.1, 0.15) is 44.3 Å². The van der Waals surface area contributed by atoms with Crippen molar-refractivity contribution in [3.63, 3.8) is 0 Å². The molecule has 0 radical (unpaired) electrons. The van der Waals surface area contributed by atoms with E-state index in [4.69, 9.17) is 16.3 Å². The SMILES string of the molecule is COC[C@@H](C)N1Cc2c(ccc(Cl)c2CC(=O)c2ccc(F)c(C(F)(F)F)c2)C1=O. The Morgan fingerprint density at radius 2 is 1.97 bits per heavy atom. The van der Waals surface area contributed by atoms with Gasteiger partial charge in [-0.1, -0.05) is 11.6 Å². The number of methoxy groups -OCH3 is 1. The number of ether oxygens (including phenoxy) is 1. The number of halogens is 5. The molecule has 3 rings (SSSR count). The standard InChI is InChI=1S/C21H18ClF4NO3/c1-11(10-30-2)27-9-15-13(20(27)29)4-5-17(22)14(15)8-19(28)12-3-6-18(23)16(7-12)21(24,25)26/h3-7,11H,8-10H2,1-2H3/t11-/m1/s1. The highest BCUT2D eigenvalue weighted by Gasteiger charge is 2.36. The summed E-state index contributed by atoms with van der Waals surface area (Å²) in [6.07, 6.45) is -5.23. The molecule has 1 atom stereocenters. The minimum atomic E-state index is -4.92. The topological polar surface area (TPSA) is 46.6 Å². The highest BCUT2D eigenvalue weighted by molar-refractivity contribution is 6.32. The number of nitrogens with zero attached hydrogens (tertiary/aromatic N) is 1. The van der Waals surface area contributed by atoms with Gasteiger partial charge in [0.25, 0.3) is 5.91 Å². The molecule has 0 unspecified atom stereocenters. The van der Waals surface area contributed by atoms with Crippen LogP contribution in [0.5, 0.6) is 0 Å². The smallest absolute Gasteiger partial charge is 0.383 e. The van der Waals surface area contributed by atoms with Crippen LogP contribution in [0, 0.1) is 5.82 Å². The summed E-state index contributed by atoms with van der Waals surface area (Å²) in [5.41, 5.74) is -0.474. The molecular formula is C21H18ClF4NO3. The summed E-state index contributed by atoms with van der Waals surface area (Å²) >= 11 is 6.26. The van der Waals surface area contributed by atoms with Gasteiger partial charge in [0, 0.05) is 36.2 Å². The molecule has 30 heavy (non-hydrogen) atoms. The zero-order valence-corrected chi connectivity index (χ0v) is 16.9. The lowest BCUT2D eigenvalue weighted by Gasteiger charge is -2.23. The third-order valence-corrected chi connectivity index (χ3v) is 5.42. The number of ketones is 1. The van der Waals surface area contributed by atoms with Crippen LogP contribution in [0.4, 0.5) is 17.6 Å². The lowest BCUT2D eigenvalue weighted by Crippen LogP contribution is -2.36. The normalized spacial score (nSPS) is 14.8. The Hall–Kier alpha value is -2.45. The van der Waals surface area contributed by atoms with E-state index < -0.39 is 23.3 Å². The summed E-state index contributed by atoms with van der Waals surface area (Å²) in [5.74, 6) is -2.35. The van der Waals surface area contributed by atoms with Gasteiger partial charge in [-0.2, -0.15) is 13.2 Å². The van der Waals surface area contributed by atoms with E-state index in [1.807, 2.05) is 6.92 Å². The Morgan fingerprint density at radius 3 is 2.60 bits per heavy atom. The van der Waals surface area contributed by atoms with Gasteiger partial charge in [0.15, 0.2) is 5.78 Å². The van der Waals surface area contributed by atoms with Crippen LogP contribution in [0.25, 0.3) is 0 Å². The van der Waals surface area contributed by atoms with Gasteiger partial charge < -0.3 is 9.64 Å². The van der Waals surface area contributed by atoms with Gasteiger partial charge in [-0.15, -0.1) is 0 Å². The van der Waals surface area contributed by atoms with Crippen molar-refractivity contribution in [3.8, 4) is 0 Å². The third kappa shape index (κ3) is 4.20. The molecule has 0 spiro atoms. The first-order chi connectivity index (χ1) is 14.0.